The van der Waals surface area contributed by atoms with E-state index in [9.17, 15) is 9.59 Å². The van der Waals surface area contributed by atoms with Gasteiger partial charge in [-0.15, -0.1) is 0 Å². The standard InChI is InChI=1S/C24H32N2O3/c1-6-22(24(28)25-7-2)26(16-19-9-8-10-21(14-19)29-5)23(27)15-20-12-17(3)11-18(4)13-20/h8-14,22H,6-7,15-16H2,1-5H3,(H,25,28)/t22-/m0/s1. The fraction of sp³-hybridized carbons (Fsp3) is 0.417. The van der Waals surface area contributed by atoms with Crippen molar-refractivity contribution < 1.29 is 14.3 Å². The lowest BCUT2D eigenvalue weighted by Gasteiger charge is -2.31. The zero-order valence-corrected chi connectivity index (χ0v) is 18.1. The quantitative estimate of drug-likeness (QED) is 0.701. The van der Waals surface area contributed by atoms with Gasteiger partial charge in [0.1, 0.15) is 11.8 Å². The molecule has 2 amide bonds. The van der Waals surface area contributed by atoms with E-state index < -0.39 is 6.04 Å². The van der Waals surface area contributed by atoms with E-state index in [0.717, 1.165) is 28.0 Å². The molecule has 0 aliphatic heterocycles. The Labute approximate surface area is 174 Å². The van der Waals surface area contributed by atoms with Crippen molar-refractivity contribution in [2.75, 3.05) is 13.7 Å². The van der Waals surface area contributed by atoms with Crippen LogP contribution in [0.4, 0.5) is 0 Å². The third-order valence-corrected chi connectivity index (χ3v) is 4.86. The van der Waals surface area contributed by atoms with Gasteiger partial charge in [-0.1, -0.05) is 48.4 Å². The second kappa shape index (κ2) is 10.6. The number of hydrogen-bond donors (Lipinski definition) is 1. The summed E-state index contributed by atoms with van der Waals surface area (Å²) in [6.45, 7) is 8.76. The van der Waals surface area contributed by atoms with Crippen LogP contribution in [0.5, 0.6) is 5.75 Å². The van der Waals surface area contributed by atoms with Gasteiger partial charge in [-0.05, 0) is 50.5 Å². The monoisotopic (exact) mass is 396 g/mol. The average molecular weight is 397 g/mol. The Morgan fingerprint density at radius 1 is 1.03 bits per heavy atom. The fourth-order valence-corrected chi connectivity index (χ4v) is 3.63. The summed E-state index contributed by atoms with van der Waals surface area (Å²) in [6, 6.07) is 13.3. The van der Waals surface area contributed by atoms with Gasteiger partial charge in [0.2, 0.25) is 11.8 Å². The first-order valence-corrected chi connectivity index (χ1v) is 10.1. The van der Waals surface area contributed by atoms with Gasteiger partial charge in [-0.2, -0.15) is 0 Å². The van der Waals surface area contributed by atoms with Crippen molar-refractivity contribution in [3.05, 3.63) is 64.7 Å². The van der Waals surface area contributed by atoms with E-state index in [1.165, 1.54) is 0 Å². The van der Waals surface area contributed by atoms with Crippen molar-refractivity contribution in [3.63, 3.8) is 0 Å². The first kappa shape index (κ1) is 22.5. The number of rotatable bonds is 9. The zero-order valence-electron chi connectivity index (χ0n) is 18.1. The molecule has 156 valence electrons. The molecule has 5 heteroatoms. The number of nitrogens with zero attached hydrogens (tertiary/aromatic N) is 1. The highest BCUT2D eigenvalue weighted by atomic mass is 16.5. The van der Waals surface area contributed by atoms with Crippen LogP contribution < -0.4 is 10.1 Å². The highest BCUT2D eigenvalue weighted by Gasteiger charge is 2.28. The van der Waals surface area contributed by atoms with Gasteiger partial charge in [0, 0.05) is 13.1 Å². The summed E-state index contributed by atoms with van der Waals surface area (Å²) in [6.07, 6.45) is 0.816. The maximum Gasteiger partial charge on any atom is 0.242 e. The van der Waals surface area contributed by atoms with Crippen LogP contribution in [-0.4, -0.2) is 36.4 Å². The van der Waals surface area contributed by atoms with Gasteiger partial charge < -0.3 is 15.0 Å². The summed E-state index contributed by atoms with van der Waals surface area (Å²) in [5.74, 6) is 0.554. The predicted octanol–water partition coefficient (Wildman–Crippen LogP) is 3.80. The van der Waals surface area contributed by atoms with Crippen LogP contribution >= 0.6 is 0 Å². The minimum atomic E-state index is -0.514. The Morgan fingerprint density at radius 2 is 1.72 bits per heavy atom. The SMILES string of the molecule is CCNC(=O)[C@H](CC)N(Cc1cccc(OC)c1)C(=O)Cc1cc(C)cc(C)c1. The van der Waals surface area contributed by atoms with E-state index in [4.69, 9.17) is 4.74 Å². The minimum absolute atomic E-state index is 0.0593. The number of carbonyl (C=O) groups excluding carboxylic acids is 2. The van der Waals surface area contributed by atoms with E-state index in [-0.39, 0.29) is 18.2 Å². The molecule has 1 N–H and O–H groups in total. The summed E-state index contributed by atoms with van der Waals surface area (Å²) in [5.41, 5.74) is 4.15. The summed E-state index contributed by atoms with van der Waals surface area (Å²) in [7, 11) is 1.62. The van der Waals surface area contributed by atoms with Crippen LogP contribution in [0.15, 0.2) is 42.5 Å². The number of ether oxygens (including phenoxy) is 1. The van der Waals surface area contributed by atoms with Crippen molar-refractivity contribution in [3.8, 4) is 5.75 Å². The molecule has 2 aromatic rings. The van der Waals surface area contributed by atoms with Crippen molar-refractivity contribution in [1.29, 1.82) is 0 Å². The van der Waals surface area contributed by atoms with Crippen molar-refractivity contribution in [2.45, 2.75) is 53.1 Å². The van der Waals surface area contributed by atoms with Gasteiger partial charge >= 0.3 is 0 Å². The zero-order chi connectivity index (χ0) is 21.4. The molecule has 0 fully saturated rings. The summed E-state index contributed by atoms with van der Waals surface area (Å²) < 4.78 is 5.31. The number of amides is 2. The molecule has 0 radical (unpaired) electrons. The van der Waals surface area contributed by atoms with Gasteiger partial charge in [-0.25, -0.2) is 0 Å². The molecule has 1 atom stereocenters. The lowest BCUT2D eigenvalue weighted by atomic mass is 10.0. The fourth-order valence-electron chi connectivity index (χ4n) is 3.63. The molecule has 29 heavy (non-hydrogen) atoms. The van der Waals surface area contributed by atoms with Gasteiger partial charge in [0.15, 0.2) is 0 Å². The summed E-state index contributed by atoms with van der Waals surface area (Å²) >= 11 is 0. The van der Waals surface area contributed by atoms with Gasteiger partial charge in [0.25, 0.3) is 0 Å². The highest BCUT2D eigenvalue weighted by molar-refractivity contribution is 5.88. The Balaban J connectivity index is 2.33. The average Bonchev–Trinajstić information content (AvgIpc) is 2.67. The number of carbonyl (C=O) groups is 2. The number of likely N-dealkylation sites (N-methyl/N-ethyl adjacent to an activating group) is 1. The topological polar surface area (TPSA) is 58.6 Å². The number of aryl methyl sites for hydroxylation is 2. The van der Waals surface area contributed by atoms with Crippen LogP contribution in [0.3, 0.4) is 0 Å². The molecule has 0 aliphatic carbocycles. The Kier molecular flexibility index (Phi) is 8.25. The molecule has 0 saturated carbocycles. The summed E-state index contributed by atoms with van der Waals surface area (Å²) in [5, 5.41) is 2.86. The first-order valence-electron chi connectivity index (χ1n) is 10.1. The number of methoxy groups -OCH3 is 1. The van der Waals surface area contributed by atoms with Crippen LogP contribution in [0, 0.1) is 13.8 Å². The molecular weight excluding hydrogens is 364 g/mol. The lowest BCUT2D eigenvalue weighted by Crippen LogP contribution is -2.49. The molecule has 0 unspecified atom stereocenters. The maximum atomic E-state index is 13.3. The number of benzene rings is 2. The number of hydrogen-bond acceptors (Lipinski definition) is 3. The number of nitrogens with one attached hydrogen (secondary N) is 1. The second-order valence-electron chi connectivity index (χ2n) is 7.36. The van der Waals surface area contributed by atoms with Crippen molar-refractivity contribution in [1.82, 2.24) is 10.2 Å². The minimum Gasteiger partial charge on any atom is -0.497 e. The van der Waals surface area contributed by atoms with E-state index in [1.54, 1.807) is 12.0 Å². The molecular formula is C24H32N2O3. The molecule has 0 bridgehead atoms. The first-order chi connectivity index (χ1) is 13.9. The van der Waals surface area contributed by atoms with Crippen molar-refractivity contribution >= 4 is 11.8 Å². The second-order valence-corrected chi connectivity index (χ2v) is 7.36. The molecule has 0 aromatic heterocycles. The third-order valence-electron chi connectivity index (χ3n) is 4.86. The summed E-state index contributed by atoms with van der Waals surface area (Å²) in [4.78, 5) is 27.7. The van der Waals surface area contributed by atoms with E-state index in [0.29, 0.717) is 19.5 Å². The molecule has 5 nitrogen and oxygen atoms in total. The van der Waals surface area contributed by atoms with Crippen LogP contribution in [0.25, 0.3) is 0 Å². The highest BCUT2D eigenvalue weighted by Crippen LogP contribution is 2.19. The van der Waals surface area contributed by atoms with Gasteiger partial charge in [0.05, 0.1) is 13.5 Å². The maximum absolute atomic E-state index is 13.3. The normalized spacial score (nSPS) is 11.6. The van der Waals surface area contributed by atoms with Crippen LogP contribution in [0.1, 0.15) is 42.5 Å². The molecule has 0 spiro atoms. The molecule has 2 aromatic carbocycles. The van der Waals surface area contributed by atoms with Crippen molar-refractivity contribution in [2.24, 2.45) is 0 Å². The van der Waals surface area contributed by atoms with E-state index >= 15 is 0 Å². The van der Waals surface area contributed by atoms with Crippen LogP contribution in [-0.2, 0) is 22.6 Å². The van der Waals surface area contributed by atoms with E-state index in [2.05, 4.69) is 11.4 Å². The third kappa shape index (κ3) is 6.34. The van der Waals surface area contributed by atoms with E-state index in [1.807, 2.05) is 64.1 Å². The lowest BCUT2D eigenvalue weighted by molar-refractivity contribution is -0.140. The Morgan fingerprint density at radius 3 is 2.31 bits per heavy atom. The predicted molar refractivity (Wildman–Crippen MR) is 116 cm³/mol. The largest absolute Gasteiger partial charge is 0.497 e. The molecule has 0 aliphatic rings. The Bertz CT molecular complexity index is 828. The Hall–Kier alpha value is -2.82. The smallest absolute Gasteiger partial charge is 0.242 e. The van der Waals surface area contributed by atoms with Crippen LogP contribution in [0.2, 0.25) is 0 Å². The molecule has 2 rings (SSSR count). The van der Waals surface area contributed by atoms with Gasteiger partial charge in [-0.3, -0.25) is 9.59 Å². The molecule has 0 saturated heterocycles. The molecule has 0 heterocycles.